The third-order valence-electron chi connectivity index (χ3n) is 3.97. The Balaban J connectivity index is 1.74. The Morgan fingerprint density at radius 1 is 1.25 bits per heavy atom. The number of aliphatic carboxylic acids is 1. The maximum absolute atomic E-state index is 12.6. The van der Waals surface area contributed by atoms with Crippen molar-refractivity contribution in [3.8, 4) is 0 Å². The second-order valence-electron chi connectivity index (χ2n) is 5.39. The third-order valence-corrected chi connectivity index (χ3v) is 4.51. The van der Waals surface area contributed by atoms with Crippen LogP contribution in [0.25, 0.3) is 0 Å². The highest BCUT2D eigenvalue weighted by Crippen LogP contribution is 2.43. The maximum Gasteiger partial charge on any atom is 0.306 e. The summed E-state index contributed by atoms with van der Waals surface area (Å²) in [4.78, 5) is 25.2. The van der Waals surface area contributed by atoms with Crippen LogP contribution in [0, 0.1) is 5.92 Å². The predicted molar refractivity (Wildman–Crippen MR) is 72.4 cm³/mol. The second-order valence-corrected chi connectivity index (χ2v) is 6.14. The number of nitrogens with zero attached hydrogens (tertiary/aromatic N) is 2. The Hall–Kier alpha value is -1.37. The fraction of sp³-hybridized carbons (Fsp3) is 0.615. The molecule has 2 aliphatic rings. The van der Waals surface area contributed by atoms with Gasteiger partial charge in [-0.3, -0.25) is 9.59 Å². The van der Waals surface area contributed by atoms with Crippen LogP contribution in [-0.2, 0) is 4.79 Å². The van der Waals surface area contributed by atoms with E-state index in [2.05, 4.69) is 21.1 Å². The van der Waals surface area contributed by atoms with Gasteiger partial charge in [-0.2, -0.15) is 0 Å². The topological polar surface area (TPSA) is 83.6 Å². The molecule has 1 aliphatic heterocycles. The molecule has 108 valence electrons. The number of carbonyl (C=O) groups excluding carboxylic acids is 1. The normalized spacial score (nSPS) is 20.1. The molecule has 1 saturated carbocycles. The van der Waals surface area contributed by atoms with E-state index in [0.717, 1.165) is 12.8 Å². The van der Waals surface area contributed by atoms with Crippen molar-refractivity contribution in [1.82, 2.24) is 10.1 Å². The molecule has 6 nitrogen and oxygen atoms in total. The van der Waals surface area contributed by atoms with Gasteiger partial charge in [-0.15, -0.1) is 0 Å². The quantitative estimate of drug-likeness (QED) is 0.910. The number of carbonyl (C=O) groups is 2. The van der Waals surface area contributed by atoms with Crippen LogP contribution in [0.15, 0.2) is 9.13 Å². The summed E-state index contributed by atoms with van der Waals surface area (Å²) in [7, 11) is 0. The predicted octanol–water partition coefficient (Wildman–Crippen LogP) is 2.25. The number of rotatable bonds is 3. The molecule has 1 aromatic heterocycles. The van der Waals surface area contributed by atoms with Crippen LogP contribution in [-0.4, -0.2) is 40.1 Å². The lowest BCUT2D eigenvalue weighted by Gasteiger charge is -2.30. The SMILES string of the molecule is O=C(O)C1CCN(C(=O)c2c(Br)noc2C2CC2)CC1. The van der Waals surface area contributed by atoms with Crippen molar-refractivity contribution >= 4 is 27.8 Å². The van der Waals surface area contributed by atoms with Crippen molar-refractivity contribution in [1.29, 1.82) is 0 Å². The average Bonchev–Trinajstić information content (AvgIpc) is 3.21. The number of carboxylic acids is 1. The zero-order chi connectivity index (χ0) is 14.3. The van der Waals surface area contributed by atoms with Crippen LogP contribution in [0.4, 0.5) is 0 Å². The molecule has 7 heteroatoms. The molecule has 0 spiro atoms. The highest BCUT2D eigenvalue weighted by Gasteiger charge is 2.37. The van der Waals surface area contributed by atoms with Gasteiger partial charge in [0.2, 0.25) is 0 Å². The molecule has 0 unspecified atom stereocenters. The highest BCUT2D eigenvalue weighted by molar-refractivity contribution is 9.10. The number of piperidine rings is 1. The van der Waals surface area contributed by atoms with Crippen molar-refractivity contribution < 1.29 is 19.2 Å². The number of hydrogen-bond donors (Lipinski definition) is 1. The van der Waals surface area contributed by atoms with Gasteiger partial charge in [0, 0.05) is 19.0 Å². The summed E-state index contributed by atoms with van der Waals surface area (Å²) in [5, 5.41) is 12.8. The largest absolute Gasteiger partial charge is 0.481 e. The van der Waals surface area contributed by atoms with E-state index in [1.807, 2.05) is 0 Å². The molecule has 1 aliphatic carbocycles. The van der Waals surface area contributed by atoms with E-state index in [4.69, 9.17) is 9.63 Å². The summed E-state index contributed by atoms with van der Waals surface area (Å²) >= 11 is 3.27. The molecule has 1 saturated heterocycles. The zero-order valence-corrected chi connectivity index (χ0v) is 12.4. The molecule has 1 amide bonds. The molecule has 0 radical (unpaired) electrons. The van der Waals surface area contributed by atoms with Crippen molar-refractivity contribution in [2.24, 2.45) is 5.92 Å². The summed E-state index contributed by atoms with van der Waals surface area (Å²) in [5.74, 6) is -0.245. The number of amides is 1. The van der Waals surface area contributed by atoms with Crippen LogP contribution >= 0.6 is 15.9 Å². The Labute approximate surface area is 124 Å². The lowest BCUT2D eigenvalue weighted by molar-refractivity contribution is -0.143. The van der Waals surface area contributed by atoms with Crippen molar-refractivity contribution in [2.75, 3.05) is 13.1 Å². The van der Waals surface area contributed by atoms with Crippen molar-refractivity contribution in [3.05, 3.63) is 15.9 Å². The third kappa shape index (κ3) is 2.46. The Bertz CT molecular complexity index is 545. The summed E-state index contributed by atoms with van der Waals surface area (Å²) < 4.78 is 5.70. The van der Waals surface area contributed by atoms with Crippen LogP contribution in [0.1, 0.15) is 47.7 Å². The maximum atomic E-state index is 12.6. The lowest BCUT2D eigenvalue weighted by atomic mass is 9.96. The van der Waals surface area contributed by atoms with Gasteiger partial charge in [-0.25, -0.2) is 0 Å². The summed E-state index contributed by atoms with van der Waals surface area (Å²) in [6, 6.07) is 0. The molecule has 2 fully saturated rings. The summed E-state index contributed by atoms with van der Waals surface area (Å²) in [6.45, 7) is 0.940. The van der Waals surface area contributed by atoms with E-state index in [9.17, 15) is 9.59 Å². The van der Waals surface area contributed by atoms with Gasteiger partial charge in [0.1, 0.15) is 5.56 Å². The first-order chi connectivity index (χ1) is 9.58. The van der Waals surface area contributed by atoms with E-state index in [1.54, 1.807) is 4.90 Å². The van der Waals surface area contributed by atoms with E-state index < -0.39 is 5.97 Å². The fourth-order valence-corrected chi connectivity index (χ4v) is 3.03. The summed E-state index contributed by atoms with van der Waals surface area (Å²) in [5.41, 5.74) is 0.515. The van der Waals surface area contributed by atoms with E-state index >= 15 is 0 Å². The van der Waals surface area contributed by atoms with Gasteiger partial charge in [0.05, 0.1) is 5.92 Å². The van der Waals surface area contributed by atoms with Crippen molar-refractivity contribution in [2.45, 2.75) is 31.6 Å². The minimum atomic E-state index is -0.776. The Morgan fingerprint density at radius 2 is 1.90 bits per heavy atom. The minimum Gasteiger partial charge on any atom is -0.481 e. The molecule has 0 atom stereocenters. The molecule has 0 bridgehead atoms. The number of carboxylic acid groups (broad SMARTS) is 1. The molecule has 20 heavy (non-hydrogen) atoms. The van der Waals surface area contributed by atoms with E-state index in [1.165, 1.54) is 0 Å². The molecule has 0 aromatic carbocycles. The molecule has 1 N–H and O–H groups in total. The van der Waals surface area contributed by atoms with Gasteiger partial charge in [-0.05, 0) is 41.6 Å². The van der Waals surface area contributed by atoms with E-state index in [-0.39, 0.29) is 11.8 Å². The van der Waals surface area contributed by atoms with Crippen LogP contribution < -0.4 is 0 Å². The summed E-state index contributed by atoms with van der Waals surface area (Å²) in [6.07, 6.45) is 3.07. The Kier molecular flexibility index (Phi) is 3.54. The van der Waals surface area contributed by atoms with E-state index in [0.29, 0.717) is 47.8 Å². The number of halogens is 1. The van der Waals surface area contributed by atoms with Gasteiger partial charge in [0.25, 0.3) is 5.91 Å². The lowest BCUT2D eigenvalue weighted by Crippen LogP contribution is -2.40. The zero-order valence-electron chi connectivity index (χ0n) is 10.8. The van der Waals surface area contributed by atoms with Crippen LogP contribution in [0.3, 0.4) is 0 Å². The highest BCUT2D eigenvalue weighted by atomic mass is 79.9. The smallest absolute Gasteiger partial charge is 0.306 e. The van der Waals surface area contributed by atoms with Gasteiger partial charge in [0.15, 0.2) is 10.4 Å². The molecule has 2 heterocycles. The Morgan fingerprint density at radius 3 is 2.45 bits per heavy atom. The number of hydrogen-bond acceptors (Lipinski definition) is 4. The van der Waals surface area contributed by atoms with Crippen LogP contribution in [0.2, 0.25) is 0 Å². The first-order valence-corrected chi connectivity index (χ1v) is 7.54. The van der Waals surface area contributed by atoms with Gasteiger partial charge >= 0.3 is 5.97 Å². The molecule has 1 aromatic rings. The van der Waals surface area contributed by atoms with Crippen molar-refractivity contribution in [3.63, 3.8) is 0 Å². The average molecular weight is 343 g/mol. The number of likely N-dealkylation sites (tertiary alicyclic amines) is 1. The standard InChI is InChI=1S/C13H15BrN2O4/c14-11-9(10(20-15-11)7-1-2-7)12(17)16-5-3-8(4-6-16)13(18)19/h7-8H,1-6H2,(H,18,19). The monoisotopic (exact) mass is 342 g/mol. The first-order valence-electron chi connectivity index (χ1n) is 6.75. The molecular weight excluding hydrogens is 328 g/mol. The number of aromatic nitrogens is 1. The second kappa shape index (κ2) is 5.20. The molecular formula is C13H15BrN2O4. The van der Waals surface area contributed by atoms with Gasteiger partial charge in [-0.1, -0.05) is 5.16 Å². The molecule has 3 rings (SSSR count). The first kappa shape index (κ1) is 13.6. The van der Waals surface area contributed by atoms with Crippen LogP contribution in [0.5, 0.6) is 0 Å². The fourth-order valence-electron chi connectivity index (χ4n) is 2.59. The minimum absolute atomic E-state index is 0.108. The van der Waals surface area contributed by atoms with Gasteiger partial charge < -0.3 is 14.5 Å².